The van der Waals surface area contributed by atoms with Crippen LogP contribution in [0.4, 0.5) is 5.82 Å². The minimum absolute atomic E-state index is 0.184. The molecular formula is C15H22ClN3O. The van der Waals surface area contributed by atoms with Crippen LogP contribution in [-0.2, 0) is 0 Å². The first kappa shape index (κ1) is 14.1. The lowest BCUT2D eigenvalue weighted by Crippen LogP contribution is -2.30. The molecule has 2 unspecified atom stereocenters. The van der Waals surface area contributed by atoms with Crippen LogP contribution in [0.5, 0.6) is 0 Å². The SMILES string of the molecule is Cc1c(Cl)nc(C2CC2)nc1NCC1CCCCC1O. The van der Waals surface area contributed by atoms with Crippen LogP contribution in [-0.4, -0.2) is 27.7 Å². The van der Waals surface area contributed by atoms with Crippen molar-refractivity contribution in [3.05, 3.63) is 16.5 Å². The van der Waals surface area contributed by atoms with E-state index in [2.05, 4.69) is 15.3 Å². The van der Waals surface area contributed by atoms with Gasteiger partial charge in [-0.3, -0.25) is 0 Å². The second kappa shape index (κ2) is 5.86. The van der Waals surface area contributed by atoms with E-state index < -0.39 is 0 Å². The second-order valence-corrected chi connectivity index (χ2v) is 6.47. The lowest BCUT2D eigenvalue weighted by molar-refractivity contribution is 0.0763. The number of hydrogen-bond acceptors (Lipinski definition) is 4. The van der Waals surface area contributed by atoms with Crippen molar-refractivity contribution in [3.63, 3.8) is 0 Å². The third-order valence-corrected chi connectivity index (χ3v) is 4.81. The Bertz CT molecular complexity index is 490. The summed E-state index contributed by atoms with van der Waals surface area (Å²) in [6.07, 6.45) is 6.50. The number of rotatable bonds is 4. The molecule has 2 aliphatic carbocycles. The molecule has 0 aromatic carbocycles. The van der Waals surface area contributed by atoms with Crippen LogP contribution in [0.2, 0.25) is 5.15 Å². The van der Waals surface area contributed by atoms with E-state index in [4.69, 9.17) is 11.6 Å². The second-order valence-electron chi connectivity index (χ2n) is 6.11. The average molecular weight is 296 g/mol. The molecule has 2 atom stereocenters. The fourth-order valence-corrected chi connectivity index (χ4v) is 3.03. The van der Waals surface area contributed by atoms with Crippen LogP contribution in [0.15, 0.2) is 0 Å². The quantitative estimate of drug-likeness (QED) is 0.837. The number of aliphatic hydroxyl groups excluding tert-OH is 1. The van der Waals surface area contributed by atoms with Crippen LogP contribution >= 0.6 is 11.6 Å². The van der Waals surface area contributed by atoms with Gasteiger partial charge in [0.05, 0.1) is 6.10 Å². The molecule has 20 heavy (non-hydrogen) atoms. The van der Waals surface area contributed by atoms with E-state index in [1.807, 2.05) is 6.92 Å². The molecule has 0 saturated heterocycles. The number of aliphatic hydroxyl groups is 1. The first-order chi connectivity index (χ1) is 9.65. The highest BCUT2D eigenvalue weighted by molar-refractivity contribution is 6.30. The molecule has 2 saturated carbocycles. The summed E-state index contributed by atoms with van der Waals surface area (Å²) in [5.74, 6) is 2.52. The van der Waals surface area contributed by atoms with E-state index in [-0.39, 0.29) is 6.10 Å². The standard InChI is InChI=1S/C15H22ClN3O/c1-9-13(16)18-15(10-6-7-10)19-14(9)17-8-11-4-2-3-5-12(11)20/h10-12,20H,2-8H2,1H3,(H,17,18,19). The van der Waals surface area contributed by atoms with E-state index in [9.17, 15) is 5.11 Å². The summed E-state index contributed by atoms with van der Waals surface area (Å²) in [5.41, 5.74) is 0.904. The van der Waals surface area contributed by atoms with Gasteiger partial charge in [-0.1, -0.05) is 24.4 Å². The molecule has 0 amide bonds. The molecular weight excluding hydrogens is 274 g/mol. The molecule has 1 aromatic rings. The predicted molar refractivity (Wildman–Crippen MR) is 80.2 cm³/mol. The molecule has 2 aliphatic rings. The van der Waals surface area contributed by atoms with Crippen molar-refractivity contribution in [2.45, 2.75) is 57.5 Å². The minimum atomic E-state index is -0.184. The maximum Gasteiger partial charge on any atom is 0.137 e. The number of nitrogens with one attached hydrogen (secondary N) is 1. The number of hydrogen-bond donors (Lipinski definition) is 2. The summed E-state index contributed by atoms with van der Waals surface area (Å²) in [7, 11) is 0. The lowest BCUT2D eigenvalue weighted by atomic mass is 9.86. The van der Waals surface area contributed by atoms with E-state index in [0.717, 1.165) is 43.0 Å². The van der Waals surface area contributed by atoms with Crippen LogP contribution in [0.25, 0.3) is 0 Å². The highest BCUT2D eigenvalue weighted by Gasteiger charge is 2.28. The number of nitrogens with zero attached hydrogens (tertiary/aromatic N) is 2. The van der Waals surface area contributed by atoms with Crippen molar-refractivity contribution in [1.29, 1.82) is 0 Å². The zero-order chi connectivity index (χ0) is 14.1. The zero-order valence-corrected chi connectivity index (χ0v) is 12.7. The Kier molecular flexibility index (Phi) is 4.13. The normalized spacial score (nSPS) is 26.6. The largest absolute Gasteiger partial charge is 0.393 e. The maximum absolute atomic E-state index is 10.0. The highest BCUT2D eigenvalue weighted by Crippen LogP contribution is 2.39. The smallest absolute Gasteiger partial charge is 0.137 e. The Morgan fingerprint density at radius 3 is 2.65 bits per heavy atom. The third-order valence-electron chi connectivity index (χ3n) is 4.45. The van der Waals surface area contributed by atoms with Gasteiger partial charge >= 0.3 is 0 Å². The van der Waals surface area contributed by atoms with Gasteiger partial charge in [0, 0.05) is 23.9 Å². The zero-order valence-electron chi connectivity index (χ0n) is 11.9. The molecule has 4 nitrogen and oxygen atoms in total. The minimum Gasteiger partial charge on any atom is -0.393 e. The fourth-order valence-electron chi connectivity index (χ4n) is 2.86. The van der Waals surface area contributed by atoms with Gasteiger partial charge in [-0.05, 0) is 32.6 Å². The Labute approximate surface area is 125 Å². The van der Waals surface area contributed by atoms with Crippen LogP contribution < -0.4 is 5.32 Å². The molecule has 0 bridgehead atoms. The van der Waals surface area contributed by atoms with Gasteiger partial charge in [0.1, 0.15) is 16.8 Å². The van der Waals surface area contributed by atoms with Crippen molar-refractivity contribution >= 4 is 17.4 Å². The summed E-state index contributed by atoms with van der Waals surface area (Å²) in [4.78, 5) is 8.99. The maximum atomic E-state index is 10.0. The Hall–Kier alpha value is -0.870. The summed E-state index contributed by atoms with van der Waals surface area (Å²) in [5, 5.41) is 14.0. The van der Waals surface area contributed by atoms with Crippen molar-refractivity contribution in [2.24, 2.45) is 5.92 Å². The molecule has 2 N–H and O–H groups in total. The Balaban J connectivity index is 1.69. The number of halogens is 1. The van der Waals surface area contributed by atoms with Gasteiger partial charge < -0.3 is 10.4 Å². The van der Waals surface area contributed by atoms with Gasteiger partial charge in [0.15, 0.2) is 0 Å². The summed E-state index contributed by atoms with van der Waals surface area (Å²) < 4.78 is 0. The van der Waals surface area contributed by atoms with E-state index >= 15 is 0 Å². The molecule has 1 heterocycles. The van der Waals surface area contributed by atoms with E-state index in [0.29, 0.717) is 17.0 Å². The highest BCUT2D eigenvalue weighted by atomic mass is 35.5. The van der Waals surface area contributed by atoms with E-state index in [1.54, 1.807) is 0 Å². The summed E-state index contributed by atoms with van der Waals surface area (Å²) in [6, 6.07) is 0. The predicted octanol–water partition coefficient (Wildman–Crippen LogP) is 3.28. The topological polar surface area (TPSA) is 58.0 Å². The van der Waals surface area contributed by atoms with Crippen LogP contribution in [0.3, 0.4) is 0 Å². The monoisotopic (exact) mass is 295 g/mol. The molecule has 2 fully saturated rings. The molecule has 5 heteroatoms. The molecule has 0 aliphatic heterocycles. The third kappa shape index (κ3) is 3.07. The van der Waals surface area contributed by atoms with Gasteiger partial charge in [-0.25, -0.2) is 9.97 Å². The number of anilines is 1. The summed E-state index contributed by atoms with van der Waals surface area (Å²) in [6.45, 7) is 2.71. The Morgan fingerprint density at radius 2 is 1.95 bits per heavy atom. The molecule has 0 spiro atoms. The van der Waals surface area contributed by atoms with E-state index in [1.165, 1.54) is 19.3 Å². The molecule has 3 rings (SSSR count). The van der Waals surface area contributed by atoms with Gasteiger partial charge in [-0.2, -0.15) is 0 Å². The van der Waals surface area contributed by atoms with Crippen LogP contribution in [0, 0.1) is 12.8 Å². The van der Waals surface area contributed by atoms with Crippen molar-refractivity contribution in [2.75, 3.05) is 11.9 Å². The van der Waals surface area contributed by atoms with Gasteiger partial charge in [0.25, 0.3) is 0 Å². The molecule has 0 radical (unpaired) electrons. The summed E-state index contributed by atoms with van der Waals surface area (Å²) >= 11 is 6.20. The number of aromatic nitrogens is 2. The van der Waals surface area contributed by atoms with Crippen LogP contribution in [0.1, 0.15) is 55.8 Å². The van der Waals surface area contributed by atoms with Crippen molar-refractivity contribution < 1.29 is 5.11 Å². The van der Waals surface area contributed by atoms with Gasteiger partial charge in [-0.15, -0.1) is 0 Å². The van der Waals surface area contributed by atoms with Gasteiger partial charge in [0.2, 0.25) is 0 Å². The molecule has 1 aromatic heterocycles. The Morgan fingerprint density at radius 1 is 1.20 bits per heavy atom. The molecule has 110 valence electrons. The van der Waals surface area contributed by atoms with Crippen molar-refractivity contribution in [3.8, 4) is 0 Å². The lowest BCUT2D eigenvalue weighted by Gasteiger charge is -2.28. The average Bonchev–Trinajstić information content (AvgIpc) is 3.26. The van der Waals surface area contributed by atoms with Crippen molar-refractivity contribution in [1.82, 2.24) is 9.97 Å². The first-order valence-electron chi connectivity index (χ1n) is 7.61. The fraction of sp³-hybridized carbons (Fsp3) is 0.733. The first-order valence-corrected chi connectivity index (χ1v) is 7.99.